The molecule has 21 heavy (non-hydrogen) atoms. The molecule has 3 saturated heterocycles. The van der Waals surface area contributed by atoms with Crippen LogP contribution >= 0.6 is 11.3 Å². The largest absolute Gasteiger partial charge is 0.373 e. The summed E-state index contributed by atoms with van der Waals surface area (Å²) in [6, 6.07) is 2.20. The van der Waals surface area contributed by atoms with Gasteiger partial charge in [-0.15, -0.1) is 0 Å². The molecule has 1 aromatic heterocycles. The molecule has 0 spiro atoms. The zero-order chi connectivity index (χ0) is 14.2. The van der Waals surface area contributed by atoms with Crippen LogP contribution in [0.2, 0.25) is 0 Å². The third-order valence-electron chi connectivity index (χ3n) is 4.99. The van der Waals surface area contributed by atoms with Crippen molar-refractivity contribution in [2.24, 2.45) is 5.92 Å². The van der Waals surface area contributed by atoms with Crippen LogP contribution in [0.25, 0.3) is 0 Å². The topological polar surface area (TPSA) is 32.8 Å². The van der Waals surface area contributed by atoms with Crippen LogP contribution < -0.4 is 0 Å². The Labute approximate surface area is 129 Å². The molecule has 0 unspecified atom stereocenters. The minimum Gasteiger partial charge on any atom is -0.373 e. The minimum absolute atomic E-state index is 0.163. The summed E-state index contributed by atoms with van der Waals surface area (Å²) in [6.45, 7) is 5.08. The molecule has 0 radical (unpaired) electrons. The molecule has 3 atom stereocenters. The molecule has 3 aliphatic heterocycles. The first-order valence-electron chi connectivity index (χ1n) is 7.94. The Balaban J connectivity index is 1.26. The molecule has 0 N–H and O–H groups in total. The molecule has 4 rings (SSSR count). The molecule has 3 aliphatic rings. The van der Waals surface area contributed by atoms with Gasteiger partial charge in [-0.1, -0.05) is 0 Å². The van der Waals surface area contributed by atoms with Crippen molar-refractivity contribution in [3.63, 3.8) is 0 Å². The van der Waals surface area contributed by atoms with Gasteiger partial charge in [0, 0.05) is 38.6 Å². The van der Waals surface area contributed by atoms with E-state index in [2.05, 4.69) is 21.7 Å². The third-order valence-corrected chi connectivity index (χ3v) is 5.72. The van der Waals surface area contributed by atoms with Crippen LogP contribution in [-0.2, 0) is 16.1 Å². The van der Waals surface area contributed by atoms with Crippen molar-refractivity contribution in [3.05, 3.63) is 22.4 Å². The maximum Gasteiger partial charge on any atom is 0.225 e. The molecule has 1 aromatic rings. The van der Waals surface area contributed by atoms with Crippen LogP contribution in [-0.4, -0.2) is 54.1 Å². The Hall–Kier alpha value is -0.910. The predicted octanol–water partition coefficient (Wildman–Crippen LogP) is 1.96. The highest BCUT2D eigenvalue weighted by Crippen LogP contribution is 2.35. The number of likely N-dealkylation sites (tertiary alicyclic amines) is 2. The molecule has 3 fully saturated rings. The fourth-order valence-corrected chi connectivity index (χ4v) is 4.40. The lowest BCUT2D eigenvalue weighted by Gasteiger charge is -2.31. The summed E-state index contributed by atoms with van der Waals surface area (Å²) in [6.07, 6.45) is 3.33. The number of amides is 1. The summed E-state index contributed by atoms with van der Waals surface area (Å²) in [5.41, 5.74) is 1.41. The number of thiophene rings is 1. The van der Waals surface area contributed by atoms with Gasteiger partial charge in [-0.05, 0) is 35.2 Å². The summed E-state index contributed by atoms with van der Waals surface area (Å²) >= 11 is 1.76. The van der Waals surface area contributed by atoms with Gasteiger partial charge in [0.2, 0.25) is 5.91 Å². The number of nitrogens with zero attached hydrogens (tertiary/aromatic N) is 2. The van der Waals surface area contributed by atoms with E-state index < -0.39 is 0 Å². The second kappa shape index (κ2) is 5.71. The average Bonchev–Trinajstić information content (AvgIpc) is 3.03. The first-order chi connectivity index (χ1) is 10.3. The van der Waals surface area contributed by atoms with Gasteiger partial charge in [-0.2, -0.15) is 11.3 Å². The summed E-state index contributed by atoms with van der Waals surface area (Å²) in [7, 11) is 0. The maximum atomic E-state index is 12.0. The molecule has 1 amide bonds. The van der Waals surface area contributed by atoms with E-state index in [0.29, 0.717) is 24.3 Å². The Morgan fingerprint density at radius 1 is 1.38 bits per heavy atom. The van der Waals surface area contributed by atoms with Gasteiger partial charge >= 0.3 is 0 Å². The summed E-state index contributed by atoms with van der Waals surface area (Å²) in [4.78, 5) is 16.5. The van der Waals surface area contributed by atoms with E-state index in [1.54, 1.807) is 11.3 Å². The van der Waals surface area contributed by atoms with Crippen LogP contribution in [0, 0.1) is 5.92 Å². The van der Waals surface area contributed by atoms with Gasteiger partial charge in [0.15, 0.2) is 0 Å². The highest BCUT2D eigenvalue weighted by atomic mass is 32.1. The summed E-state index contributed by atoms with van der Waals surface area (Å²) in [5.74, 6) is 0.916. The van der Waals surface area contributed by atoms with E-state index in [1.165, 1.54) is 12.0 Å². The quantitative estimate of drug-likeness (QED) is 0.852. The van der Waals surface area contributed by atoms with Gasteiger partial charge in [-0.25, -0.2) is 0 Å². The van der Waals surface area contributed by atoms with E-state index in [4.69, 9.17) is 4.74 Å². The van der Waals surface area contributed by atoms with Crippen molar-refractivity contribution in [3.8, 4) is 0 Å². The first kappa shape index (κ1) is 13.7. The molecule has 5 heteroatoms. The summed E-state index contributed by atoms with van der Waals surface area (Å²) < 4.78 is 6.14. The molecule has 0 aromatic carbocycles. The lowest BCUT2D eigenvalue weighted by molar-refractivity contribution is -0.137. The minimum atomic E-state index is 0.163. The number of carbonyl (C=O) groups excluding carboxylic acids is 1. The van der Waals surface area contributed by atoms with Crippen LogP contribution in [0.3, 0.4) is 0 Å². The Morgan fingerprint density at radius 2 is 2.29 bits per heavy atom. The van der Waals surface area contributed by atoms with Crippen molar-refractivity contribution < 1.29 is 9.53 Å². The van der Waals surface area contributed by atoms with Crippen LogP contribution in [0.15, 0.2) is 16.8 Å². The SMILES string of the molecule is O=C(C[C@@H]1C[C@@H]2CN(Cc3ccsc3)C[C@@H]2O1)N1CCC1. The van der Waals surface area contributed by atoms with Crippen molar-refractivity contribution in [1.82, 2.24) is 9.80 Å². The Kier molecular flexibility index (Phi) is 3.73. The second-order valence-electron chi connectivity index (χ2n) is 6.56. The van der Waals surface area contributed by atoms with Crippen molar-refractivity contribution in [1.29, 1.82) is 0 Å². The zero-order valence-electron chi connectivity index (χ0n) is 12.2. The third kappa shape index (κ3) is 2.87. The van der Waals surface area contributed by atoms with Crippen molar-refractivity contribution in [2.45, 2.75) is 38.0 Å². The highest BCUT2D eigenvalue weighted by molar-refractivity contribution is 7.07. The molecule has 0 bridgehead atoms. The van der Waals surface area contributed by atoms with Crippen molar-refractivity contribution in [2.75, 3.05) is 26.2 Å². The van der Waals surface area contributed by atoms with Gasteiger partial charge in [-0.3, -0.25) is 9.69 Å². The smallest absolute Gasteiger partial charge is 0.225 e. The van der Waals surface area contributed by atoms with Crippen molar-refractivity contribution >= 4 is 17.2 Å². The van der Waals surface area contributed by atoms with Gasteiger partial charge in [0.05, 0.1) is 18.6 Å². The lowest BCUT2D eigenvalue weighted by Crippen LogP contribution is -2.43. The van der Waals surface area contributed by atoms with E-state index >= 15 is 0 Å². The lowest BCUT2D eigenvalue weighted by atomic mass is 10.0. The molecular weight excluding hydrogens is 284 g/mol. The maximum absolute atomic E-state index is 12.0. The average molecular weight is 306 g/mol. The number of rotatable bonds is 4. The standard InChI is InChI=1S/C16H22N2O2S/c19-16(18-3-1-4-18)7-14-6-13-9-17(10-15(13)20-14)8-12-2-5-21-11-12/h2,5,11,13-15H,1,3-4,6-10H2/t13-,14+,15+/m1/s1. The molecule has 0 aliphatic carbocycles. The number of fused-ring (bicyclic) bond motifs is 1. The van der Waals surface area contributed by atoms with E-state index in [9.17, 15) is 4.79 Å². The first-order valence-corrected chi connectivity index (χ1v) is 8.89. The second-order valence-corrected chi connectivity index (χ2v) is 7.34. The summed E-state index contributed by atoms with van der Waals surface area (Å²) in [5, 5.41) is 4.36. The molecule has 114 valence electrons. The monoisotopic (exact) mass is 306 g/mol. The molecule has 4 nitrogen and oxygen atoms in total. The van der Waals surface area contributed by atoms with Crippen LogP contribution in [0.4, 0.5) is 0 Å². The zero-order valence-corrected chi connectivity index (χ0v) is 13.1. The molecule has 4 heterocycles. The van der Waals surface area contributed by atoms with E-state index in [-0.39, 0.29) is 6.10 Å². The molecule has 0 saturated carbocycles. The fourth-order valence-electron chi connectivity index (χ4n) is 3.74. The van der Waals surface area contributed by atoms with Crippen LogP contribution in [0.1, 0.15) is 24.8 Å². The van der Waals surface area contributed by atoms with Crippen LogP contribution in [0.5, 0.6) is 0 Å². The normalized spacial score (nSPS) is 32.2. The van der Waals surface area contributed by atoms with E-state index in [1.807, 2.05) is 4.90 Å². The Bertz CT molecular complexity index is 486. The predicted molar refractivity (Wildman–Crippen MR) is 82.2 cm³/mol. The fraction of sp³-hybridized carbons (Fsp3) is 0.688. The van der Waals surface area contributed by atoms with Gasteiger partial charge in [0.25, 0.3) is 0 Å². The van der Waals surface area contributed by atoms with Gasteiger partial charge < -0.3 is 9.64 Å². The van der Waals surface area contributed by atoms with Gasteiger partial charge in [0.1, 0.15) is 0 Å². The Morgan fingerprint density at radius 3 is 2.95 bits per heavy atom. The van der Waals surface area contributed by atoms with E-state index in [0.717, 1.165) is 39.1 Å². The number of hydrogen-bond acceptors (Lipinski definition) is 4. The number of carbonyl (C=O) groups is 1. The number of ether oxygens (including phenoxy) is 1. The number of hydrogen-bond donors (Lipinski definition) is 0. The molecular formula is C16H22N2O2S. The highest BCUT2D eigenvalue weighted by Gasteiger charge is 2.42.